The molecule has 0 radical (unpaired) electrons. The molecule has 1 N–H and O–H groups in total. The highest BCUT2D eigenvalue weighted by molar-refractivity contribution is 5.82. The minimum atomic E-state index is -0.987. The van der Waals surface area contributed by atoms with Crippen molar-refractivity contribution >= 4 is 16.8 Å². The van der Waals surface area contributed by atoms with E-state index in [0.29, 0.717) is 10.9 Å². The van der Waals surface area contributed by atoms with Crippen molar-refractivity contribution in [3.05, 3.63) is 117 Å². The van der Waals surface area contributed by atoms with Crippen LogP contribution in [0.25, 0.3) is 10.9 Å². The number of nitrogens with zero attached hydrogens (tertiary/aromatic N) is 2. The van der Waals surface area contributed by atoms with E-state index in [-0.39, 0.29) is 18.4 Å². The van der Waals surface area contributed by atoms with Crippen LogP contribution in [0, 0.1) is 0 Å². The van der Waals surface area contributed by atoms with Crippen molar-refractivity contribution in [1.82, 2.24) is 14.5 Å². The molecular formula is C26H25N3O3. The monoisotopic (exact) mass is 427 g/mol. The first-order valence-electron chi connectivity index (χ1n) is 10.6. The molecule has 6 nitrogen and oxygen atoms in total. The van der Waals surface area contributed by atoms with Crippen LogP contribution < -0.4 is 16.6 Å². The van der Waals surface area contributed by atoms with Gasteiger partial charge in [-0.25, -0.2) is 9.36 Å². The summed E-state index contributed by atoms with van der Waals surface area (Å²) in [5, 5.41) is 3.39. The van der Waals surface area contributed by atoms with Gasteiger partial charge in [-0.1, -0.05) is 72.8 Å². The maximum Gasteiger partial charge on any atom is 0.331 e. The largest absolute Gasteiger partial charge is 0.348 e. The number of nitrogens with one attached hydrogen (secondary N) is 1. The van der Waals surface area contributed by atoms with E-state index in [0.717, 1.165) is 15.7 Å². The lowest BCUT2D eigenvalue weighted by Crippen LogP contribution is -2.47. The molecule has 3 aromatic carbocycles. The molecule has 0 fully saturated rings. The van der Waals surface area contributed by atoms with E-state index >= 15 is 0 Å². The highest BCUT2D eigenvalue weighted by Gasteiger charge is 2.27. The summed E-state index contributed by atoms with van der Waals surface area (Å²) in [6.07, 6.45) is 0.224. The number of amides is 1. The van der Waals surface area contributed by atoms with Gasteiger partial charge in [-0.15, -0.1) is 0 Å². The number of rotatable bonds is 6. The molecule has 0 saturated heterocycles. The van der Waals surface area contributed by atoms with E-state index in [2.05, 4.69) is 5.32 Å². The number of benzene rings is 3. The molecule has 0 bridgehead atoms. The fraction of sp³-hybridized carbons (Fsp3) is 0.192. The summed E-state index contributed by atoms with van der Waals surface area (Å²) >= 11 is 0. The Morgan fingerprint density at radius 1 is 0.875 bits per heavy atom. The van der Waals surface area contributed by atoms with Gasteiger partial charge in [-0.2, -0.15) is 0 Å². The number of fused-ring (bicyclic) bond motifs is 1. The minimum Gasteiger partial charge on any atom is -0.348 e. The zero-order chi connectivity index (χ0) is 22.7. The van der Waals surface area contributed by atoms with Crippen LogP contribution in [0.2, 0.25) is 0 Å². The van der Waals surface area contributed by atoms with Gasteiger partial charge in [0, 0.05) is 13.5 Å². The number of para-hydroxylation sites is 1. The summed E-state index contributed by atoms with van der Waals surface area (Å²) < 4.78 is 2.50. The number of aryl methyl sites for hydroxylation is 1. The van der Waals surface area contributed by atoms with Gasteiger partial charge in [-0.3, -0.25) is 14.2 Å². The van der Waals surface area contributed by atoms with Crippen molar-refractivity contribution in [3.63, 3.8) is 0 Å². The summed E-state index contributed by atoms with van der Waals surface area (Å²) in [7, 11) is 1.62. The van der Waals surface area contributed by atoms with E-state index in [9.17, 15) is 14.4 Å². The highest BCUT2D eigenvalue weighted by Crippen LogP contribution is 2.17. The van der Waals surface area contributed by atoms with Crippen LogP contribution in [-0.4, -0.2) is 15.0 Å². The molecule has 162 valence electrons. The SMILES string of the molecule is C[C@H](NC(=O)[C@H](Cc1ccccc1)n1c(=O)c2ccccc2n(C)c1=O)c1ccccc1. The third kappa shape index (κ3) is 4.12. The Balaban J connectivity index is 1.81. The van der Waals surface area contributed by atoms with Gasteiger partial charge < -0.3 is 5.32 Å². The molecule has 0 unspecified atom stereocenters. The van der Waals surface area contributed by atoms with E-state index in [1.165, 1.54) is 4.57 Å². The maximum absolute atomic E-state index is 13.5. The van der Waals surface area contributed by atoms with Crippen LogP contribution in [0.1, 0.15) is 30.1 Å². The first-order chi connectivity index (χ1) is 15.5. The number of aromatic nitrogens is 2. The van der Waals surface area contributed by atoms with Crippen molar-refractivity contribution in [3.8, 4) is 0 Å². The van der Waals surface area contributed by atoms with Crippen LogP contribution in [-0.2, 0) is 18.3 Å². The zero-order valence-electron chi connectivity index (χ0n) is 18.1. The molecule has 1 amide bonds. The molecule has 2 atom stereocenters. The number of hydrogen-bond acceptors (Lipinski definition) is 3. The van der Waals surface area contributed by atoms with Gasteiger partial charge in [0.15, 0.2) is 0 Å². The second-order valence-corrected chi connectivity index (χ2v) is 7.88. The fourth-order valence-corrected chi connectivity index (χ4v) is 3.98. The van der Waals surface area contributed by atoms with Crippen LogP contribution >= 0.6 is 0 Å². The topological polar surface area (TPSA) is 73.1 Å². The van der Waals surface area contributed by atoms with Crippen LogP contribution in [0.4, 0.5) is 0 Å². The molecule has 0 aliphatic heterocycles. The smallest absolute Gasteiger partial charge is 0.331 e. The molecule has 0 spiro atoms. The Kier molecular flexibility index (Phi) is 6.03. The van der Waals surface area contributed by atoms with Crippen LogP contribution in [0.15, 0.2) is 94.5 Å². The summed E-state index contributed by atoms with van der Waals surface area (Å²) in [5.74, 6) is -0.375. The van der Waals surface area contributed by atoms with Gasteiger partial charge in [0.2, 0.25) is 5.91 Å². The number of hydrogen-bond donors (Lipinski definition) is 1. The highest BCUT2D eigenvalue weighted by atomic mass is 16.2. The van der Waals surface area contributed by atoms with Gasteiger partial charge in [-0.05, 0) is 30.2 Å². The first-order valence-corrected chi connectivity index (χ1v) is 10.6. The van der Waals surface area contributed by atoms with Crippen LogP contribution in [0.3, 0.4) is 0 Å². The molecule has 0 aliphatic carbocycles. The van der Waals surface area contributed by atoms with Gasteiger partial charge in [0.1, 0.15) is 6.04 Å². The lowest BCUT2D eigenvalue weighted by Gasteiger charge is -2.23. The lowest BCUT2D eigenvalue weighted by molar-refractivity contribution is -0.125. The second kappa shape index (κ2) is 9.06. The third-order valence-electron chi connectivity index (χ3n) is 5.75. The molecule has 6 heteroatoms. The minimum absolute atomic E-state index is 0.224. The van der Waals surface area contributed by atoms with E-state index < -0.39 is 17.3 Å². The quantitative estimate of drug-likeness (QED) is 0.513. The Labute approximate surface area is 185 Å². The molecule has 1 aromatic heterocycles. The summed E-state index contributed by atoms with van der Waals surface area (Å²) in [6, 6.07) is 24.7. The Morgan fingerprint density at radius 2 is 1.47 bits per heavy atom. The average molecular weight is 428 g/mol. The third-order valence-corrected chi connectivity index (χ3v) is 5.75. The molecule has 0 saturated carbocycles. The van der Waals surface area contributed by atoms with Gasteiger partial charge >= 0.3 is 5.69 Å². The summed E-state index contributed by atoms with van der Waals surface area (Å²) in [5.41, 5.74) is 1.36. The first kappa shape index (κ1) is 21.3. The fourth-order valence-electron chi connectivity index (χ4n) is 3.98. The summed E-state index contributed by atoms with van der Waals surface area (Å²) in [4.78, 5) is 40.1. The summed E-state index contributed by atoms with van der Waals surface area (Å²) in [6.45, 7) is 1.88. The Hall–Kier alpha value is -3.93. The van der Waals surface area contributed by atoms with Crippen molar-refractivity contribution in [1.29, 1.82) is 0 Å². The van der Waals surface area contributed by atoms with Crippen molar-refractivity contribution in [2.45, 2.75) is 25.4 Å². The predicted octanol–water partition coefficient (Wildman–Crippen LogP) is 3.36. The molecular weight excluding hydrogens is 402 g/mol. The molecule has 4 rings (SSSR count). The molecule has 32 heavy (non-hydrogen) atoms. The van der Waals surface area contributed by atoms with Crippen molar-refractivity contribution in [2.24, 2.45) is 7.05 Å². The Morgan fingerprint density at radius 3 is 2.16 bits per heavy atom. The van der Waals surface area contributed by atoms with Crippen molar-refractivity contribution < 1.29 is 4.79 Å². The molecule has 4 aromatic rings. The molecule has 1 heterocycles. The van der Waals surface area contributed by atoms with Gasteiger partial charge in [0.05, 0.1) is 16.9 Å². The van der Waals surface area contributed by atoms with Gasteiger partial charge in [0.25, 0.3) is 5.56 Å². The predicted molar refractivity (Wildman–Crippen MR) is 126 cm³/mol. The lowest BCUT2D eigenvalue weighted by atomic mass is 10.0. The number of carbonyl (C=O) groups excluding carboxylic acids is 1. The standard InChI is InChI=1S/C26H25N3O3/c1-18(20-13-7-4-8-14-20)27-24(30)23(17-19-11-5-3-6-12-19)29-25(31)21-15-9-10-16-22(21)28(2)26(29)32/h3-16,18,23H,17H2,1-2H3,(H,27,30)/t18-,23-/m0/s1. The average Bonchev–Trinajstić information content (AvgIpc) is 2.83. The van der Waals surface area contributed by atoms with E-state index in [1.54, 1.807) is 31.3 Å². The second-order valence-electron chi connectivity index (χ2n) is 7.88. The normalized spacial score (nSPS) is 12.9. The van der Waals surface area contributed by atoms with Crippen molar-refractivity contribution in [2.75, 3.05) is 0 Å². The van der Waals surface area contributed by atoms with E-state index in [4.69, 9.17) is 0 Å². The van der Waals surface area contributed by atoms with E-state index in [1.807, 2.05) is 67.6 Å². The maximum atomic E-state index is 13.5. The molecule has 0 aliphatic rings. The Bertz CT molecular complexity index is 1360. The zero-order valence-corrected chi connectivity index (χ0v) is 18.1. The van der Waals surface area contributed by atoms with Crippen LogP contribution in [0.5, 0.6) is 0 Å². The number of carbonyl (C=O) groups is 1.